The average Bonchev–Trinajstić information content (AvgIpc) is 4.02. The highest BCUT2D eigenvalue weighted by Crippen LogP contribution is 2.64. The van der Waals surface area contributed by atoms with Crippen LogP contribution in [-0.4, -0.2) is 0 Å². The molecule has 5 aliphatic rings. The molecule has 0 bridgehead atoms. The van der Waals surface area contributed by atoms with E-state index >= 15 is 0 Å². The van der Waals surface area contributed by atoms with Gasteiger partial charge in [-0.05, 0) is 161 Å². The summed E-state index contributed by atoms with van der Waals surface area (Å²) in [6, 6.07) is 75.0. The smallest absolute Gasteiger partial charge is 0.0726 e. The first kappa shape index (κ1) is 39.9. The highest BCUT2D eigenvalue weighted by molar-refractivity contribution is 6.01. The van der Waals surface area contributed by atoms with Gasteiger partial charge in [-0.25, -0.2) is 0 Å². The van der Waals surface area contributed by atoms with Gasteiger partial charge in [-0.2, -0.15) is 0 Å². The molecule has 9 aromatic rings. The number of rotatable bonds is 5. The van der Waals surface area contributed by atoms with Crippen LogP contribution in [0.25, 0.3) is 55.6 Å². The summed E-state index contributed by atoms with van der Waals surface area (Å²) in [6.45, 7) is 9.65. The highest BCUT2D eigenvalue weighted by Gasteiger charge is 2.52. The molecule has 328 valence electrons. The molecule has 0 unspecified atom stereocenters. The van der Waals surface area contributed by atoms with Crippen molar-refractivity contribution in [3.63, 3.8) is 0 Å². The van der Waals surface area contributed by atoms with E-state index in [2.05, 4.69) is 227 Å². The maximum Gasteiger partial charge on any atom is 0.0726 e. The van der Waals surface area contributed by atoms with Gasteiger partial charge in [0.15, 0.2) is 0 Å². The topological polar surface area (TPSA) is 3.24 Å². The molecule has 5 aliphatic carbocycles. The first-order valence-electron chi connectivity index (χ1n) is 25.1. The monoisotopic (exact) mass is 873 g/mol. The van der Waals surface area contributed by atoms with Gasteiger partial charge in [0.05, 0.1) is 5.41 Å². The average molecular weight is 874 g/mol. The van der Waals surface area contributed by atoms with Gasteiger partial charge < -0.3 is 4.90 Å². The first-order chi connectivity index (χ1) is 33.3. The number of hydrogen-bond donors (Lipinski definition) is 0. The molecule has 1 spiro atoms. The van der Waals surface area contributed by atoms with E-state index in [0.29, 0.717) is 5.92 Å². The Bertz CT molecular complexity index is 3490. The van der Waals surface area contributed by atoms with Crippen molar-refractivity contribution in [1.82, 2.24) is 0 Å². The van der Waals surface area contributed by atoms with Crippen LogP contribution in [0.15, 0.2) is 194 Å². The Morgan fingerprint density at radius 1 is 0.324 bits per heavy atom. The van der Waals surface area contributed by atoms with E-state index in [-0.39, 0.29) is 10.8 Å². The molecule has 0 atom stereocenters. The van der Waals surface area contributed by atoms with E-state index in [9.17, 15) is 0 Å². The minimum atomic E-state index is -0.420. The van der Waals surface area contributed by atoms with Crippen molar-refractivity contribution in [2.45, 2.75) is 82.0 Å². The van der Waals surface area contributed by atoms with Gasteiger partial charge in [0.25, 0.3) is 0 Å². The number of fused-ring (bicyclic) bond motifs is 16. The van der Waals surface area contributed by atoms with Crippen LogP contribution >= 0.6 is 0 Å². The standard InChI is InChI=1S/C67H55N/c1-65(2)55-26-12-11-23-53(55)63-51(24-16-30-59(63)65)52-25-17-31-60-64(52)54-39-37-45(40-61(54)66(60,3)4)68(44-34-32-43(33-35-44)42-18-6-5-7-19-42)46-36-38-50-49-22-10-15-29-58(49)67(62(50)41-46)56-27-13-8-20-47(56)48-21-9-14-28-57(48)67/h8-17,20-42H,5-7,18-19H2,1-4H3. The lowest BCUT2D eigenvalue weighted by molar-refractivity contribution is 0.443. The summed E-state index contributed by atoms with van der Waals surface area (Å²) in [6.07, 6.45) is 6.60. The van der Waals surface area contributed by atoms with Crippen molar-refractivity contribution >= 4 is 17.1 Å². The number of nitrogens with zero attached hydrogens (tertiary/aromatic N) is 1. The van der Waals surface area contributed by atoms with E-state index in [4.69, 9.17) is 0 Å². The Kier molecular flexibility index (Phi) is 8.45. The minimum absolute atomic E-state index is 0.0610. The van der Waals surface area contributed by atoms with Gasteiger partial charge in [-0.1, -0.05) is 205 Å². The predicted molar refractivity (Wildman–Crippen MR) is 284 cm³/mol. The molecule has 0 N–H and O–H groups in total. The molecule has 9 aromatic carbocycles. The van der Waals surface area contributed by atoms with Crippen LogP contribution in [0.4, 0.5) is 17.1 Å². The van der Waals surface area contributed by atoms with E-state index in [0.717, 1.165) is 0 Å². The van der Waals surface area contributed by atoms with Crippen molar-refractivity contribution in [2.75, 3.05) is 4.90 Å². The van der Waals surface area contributed by atoms with Crippen LogP contribution in [0.2, 0.25) is 0 Å². The SMILES string of the molecule is CC1(C)c2ccccc2-c2c(-c3cccc4c3-c3ccc(N(c5ccc(C6CCCCC6)cc5)c5ccc6c(c5)C5(c7ccccc7-c7ccccc75)c5ccccc5-6)cc3C4(C)C)cccc21. The third-order valence-electron chi connectivity index (χ3n) is 17.3. The van der Waals surface area contributed by atoms with Crippen molar-refractivity contribution in [3.8, 4) is 55.6 Å². The van der Waals surface area contributed by atoms with Crippen LogP contribution in [-0.2, 0) is 16.2 Å². The van der Waals surface area contributed by atoms with Crippen molar-refractivity contribution in [3.05, 3.63) is 244 Å². The molecule has 1 fully saturated rings. The van der Waals surface area contributed by atoms with Gasteiger partial charge in [0, 0.05) is 27.9 Å². The maximum absolute atomic E-state index is 2.55. The molecule has 0 amide bonds. The predicted octanol–water partition coefficient (Wildman–Crippen LogP) is 17.8. The Morgan fingerprint density at radius 3 is 1.28 bits per heavy atom. The molecular weight excluding hydrogens is 819 g/mol. The third kappa shape index (κ3) is 5.28. The minimum Gasteiger partial charge on any atom is -0.310 e. The molecule has 1 heteroatoms. The molecule has 1 saturated carbocycles. The molecule has 0 saturated heterocycles. The molecule has 0 radical (unpaired) electrons. The molecule has 0 aromatic heterocycles. The Morgan fingerprint density at radius 2 is 0.721 bits per heavy atom. The largest absolute Gasteiger partial charge is 0.310 e. The van der Waals surface area contributed by atoms with Crippen LogP contribution in [0.1, 0.15) is 116 Å². The fourth-order valence-corrected chi connectivity index (χ4v) is 14.1. The van der Waals surface area contributed by atoms with Crippen molar-refractivity contribution in [2.24, 2.45) is 0 Å². The number of hydrogen-bond acceptors (Lipinski definition) is 1. The quantitative estimate of drug-likeness (QED) is 0.167. The third-order valence-corrected chi connectivity index (χ3v) is 17.3. The van der Waals surface area contributed by atoms with E-state index in [1.54, 1.807) is 0 Å². The molecule has 0 aliphatic heterocycles. The zero-order valence-corrected chi connectivity index (χ0v) is 39.5. The van der Waals surface area contributed by atoms with Gasteiger partial charge in [0.1, 0.15) is 0 Å². The van der Waals surface area contributed by atoms with Crippen LogP contribution in [0.3, 0.4) is 0 Å². The lowest BCUT2D eigenvalue weighted by atomic mass is 9.70. The van der Waals surface area contributed by atoms with Crippen molar-refractivity contribution in [1.29, 1.82) is 0 Å². The highest BCUT2D eigenvalue weighted by atomic mass is 15.1. The van der Waals surface area contributed by atoms with Gasteiger partial charge >= 0.3 is 0 Å². The second-order valence-corrected chi connectivity index (χ2v) is 21.4. The van der Waals surface area contributed by atoms with E-state index < -0.39 is 5.41 Å². The van der Waals surface area contributed by atoms with Crippen LogP contribution in [0, 0.1) is 0 Å². The fraction of sp³-hybridized carbons (Fsp3) is 0.194. The summed E-state index contributed by atoms with van der Waals surface area (Å²) >= 11 is 0. The summed E-state index contributed by atoms with van der Waals surface area (Å²) < 4.78 is 0. The van der Waals surface area contributed by atoms with E-state index in [1.807, 2.05) is 0 Å². The van der Waals surface area contributed by atoms with Crippen molar-refractivity contribution < 1.29 is 0 Å². The fourth-order valence-electron chi connectivity index (χ4n) is 14.1. The summed E-state index contributed by atoms with van der Waals surface area (Å²) in [5, 5.41) is 0. The normalized spacial score (nSPS) is 16.8. The lowest BCUT2D eigenvalue weighted by Crippen LogP contribution is -2.26. The lowest BCUT2D eigenvalue weighted by Gasteiger charge is -2.32. The first-order valence-corrected chi connectivity index (χ1v) is 25.1. The molecule has 0 heterocycles. The van der Waals surface area contributed by atoms with Gasteiger partial charge in [-0.15, -0.1) is 0 Å². The molecular formula is C67H55N. The number of benzene rings is 9. The second kappa shape index (κ2) is 14.4. The summed E-state index contributed by atoms with van der Waals surface area (Å²) in [5.41, 5.74) is 28.8. The van der Waals surface area contributed by atoms with Crippen LogP contribution < -0.4 is 4.90 Å². The Hall–Kier alpha value is -7.22. The summed E-state index contributed by atoms with van der Waals surface area (Å²) in [5.74, 6) is 0.644. The maximum atomic E-state index is 2.55. The summed E-state index contributed by atoms with van der Waals surface area (Å²) in [4.78, 5) is 2.55. The zero-order valence-electron chi connectivity index (χ0n) is 39.5. The van der Waals surface area contributed by atoms with Crippen LogP contribution in [0.5, 0.6) is 0 Å². The zero-order chi connectivity index (χ0) is 45.5. The van der Waals surface area contributed by atoms with E-state index in [1.165, 1.54) is 155 Å². The second-order valence-electron chi connectivity index (χ2n) is 21.4. The Balaban J connectivity index is 0.964. The Labute approximate surface area is 401 Å². The number of anilines is 3. The van der Waals surface area contributed by atoms with Gasteiger partial charge in [0.2, 0.25) is 0 Å². The molecule has 14 rings (SSSR count). The van der Waals surface area contributed by atoms with Gasteiger partial charge in [-0.3, -0.25) is 0 Å². The molecule has 68 heavy (non-hydrogen) atoms. The summed E-state index contributed by atoms with van der Waals surface area (Å²) in [7, 11) is 0. The molecule has 1 nitrogen and oxygen atoms in total.